The summed E-state index contributed by atoms with van der Waals surface area (Å²) in [4.78, 5) is 26.3. The first-order chi connectivity index (χ1) is 15.3. The number of likely N-dealkylation sites (tertiary alicyclic amines) is 1. The Morgan fingerprint density at radius 3 is 2.48 bits per heavy atom. The highest BCUT2D eigenvalue weighted by Crippen LogP contribution is 2.27. The van der Waals surface area contributed by atoms with E-state index in [0.29, 0.717) is 12.4 Å². The van der Waals surface area contributed by atoms with Crippen LogP contribution in [0.15, 0.2) is 48.8 Å². The van der Waals surface area contributed by atoms with Crippen LogP contribution in [0.25, 0.3) is 11.4 Å². The predicted octanol–water partition coefficient (Wildman–Crippen LogP) is 3.88. The van der Waals surface area contributed by atoms with E-state index in [1.807, 2.05) is 29.2 Å². The molecule has 0 unspecified atom stereocenters. The third-order valence-electron chi connectivity index (χ3n) is 6.37. The first kappa shape index (κ1) is 19.7. The molecule has 2 aromatic heterocycles. The van der Waals surface area contributed by atoms with Crippen LogP contribution in [0.1, 0.15) is 54.2 Å². The minimum atomic E-state index is 0.101. The number of carbonyl (C=O) groups excluding carboxylic acids is 1. The molecule has 1 amide bonds. The van der Waals surface area contributed by atoms with Gasteiger partial charge in [-0.05, 0) is 68.5 Å². The van der Waals surface area contributed by atoms with Crippen LogP contribution in [0.4, 0.5) is 5.69 Å². The molecular formula is C24H28N6O. The number of carbonyl (C=O) groups is 1. The summed E-state index contributed by atoms with van der Waals surface area (Å²) in [5, 5.41) is 7.46. The molecule has 4 heterocycles. The van der Waals surface area contributed by atoms with Crippen LogP contribution >= 0.6 is 0 Å². The summed E-state index contributed by atoms with van der Waals surface area (Å²) in [6.07, 6.45) is 9.27. The van der Waals surface area contributed by atoms with Gasteiger partial charge in [0.25, 0.3) is 5.91 Å². The van der Waals surface area contributed by atoms with E-state index < -0.39 is 0 Å². The molecule has 0 radical (unpaired) electrons. The van der Waals surface area contributed by atoms with Gasteiger partial charge in [0.1, 0.15) is 5.82 Å². The zero-order chi connectivity index (χ0) is 21.0. The van der Waals surface area contributed by atoms with Crippen LogP contribution in [0, 0.1) is 0 Å². The van der Waals surface area contributed by atoms with Crippen molar-refractivity contribution in [3.63, 3.8) is 0 Å². The van der Waals surface area contributed by atoms with Gasteiger partial charge in [-0.15, -0.1) is 0 Å². The van der Waals surface area contributed by atoms with Crippen molar-refractivity contribution in [1.29, 1.82) is 0 Å². The van der Waals surface area contributed by atoms with Gasteiger partial charge in [0, 0.05) is 61.3 Å². The molecule has 1 atom stereocenters. The fourth-order valence-corrected chi connectivity index (χ4v) is 4.62. The first-order valence-electron chi connectivity index (χ1n) is 11.2. The van der Waals surface area contributed by atoms with Gasteiger partial charge in [0.05, 0.1) is 0 Å². The Labute approximate surface area is 182 Å². The van der Waals surface area contributed by atoms with Crippen LogP contribution in [0.2, 0.25) is 0 Å². The number of benzene rings is 1. The Hall–Kier alpha value is -3.22. The number of nitrogens with one attached hydrogen (secondary N) is 1. The summed E-state index contributed by atoms with van der Waals surface area (Å²) >= 11 is 0. The second-order valence-corrected chi connectivity index (χ2v) is 8.47. The van der Waals surface area contributed by atoms with Gasteiger partial charge >= 0.3 is 0 Å². The van der Waals surface area contributed by atoms with E-state index in [2.05, 4.69) is 32.2 Å². The lowest BCUT2D eigenvalue weighted by atomic mass is 9.96. The number of piperidine rings is 2. The number of anilines is 1. The van der Waals surface area contributed by atoms with E-state index in [4.69, 9.17) is 4.98 Å². The Kier molecular flexibility index (Phi) is 5.65. The highest BCUT2D eigenvalue weighted by atomic mass is 16.2. The Bertz CT molecular complexity index is 1010. The predicted molar refractivity (Wildman–Crippen MR) is 120 cm³/mol. The molecule has 0 saturated carbocycles. The largest absolute Gasteiger partial charge is 0.372 e. The average molecular weight is 417 g/mol. The van der Waals surface area contributed by atoms with Crippen molar-refractivity contribution >= 4 is 11.6 Å². The molecule has 0 aliphatic carbocycles. The molecule has 5 rings (SSSR count). The summed E-state index contributed by atoms with van der Waals surface area (Å²) < 4.78 is 0. The van der Waals surface area contributed by atoms with Crippen LogP contribution in [-0.4, -0.2) is 57.2 Å². The van der Waals surface area contributed by atoms with Gasteiger partial charge in [-0.25, -0.2) is 4.98 Å². The number of H-pyrrole nitrogens is 1. The minimum Gasteiger partial charge on any atom is -0.372 e. The smallest absolute Gasteiger partial charge is 0.253 e. The molecule has 7 nitrogen and oxygen atoms in total. The standard InChI is InChI=1S/C24H28N6O/c31-24(19-6-8-21(9-7-19)29-14-2-1-3-15-29)30-16-4-5-20(17-30)23-26-22(27-28-23)18-10-12-25-13-11-18/h6-13,20H,1-5,14-17H2,(H,26,27,28)/t20-/m1/s1. The second kappa shape index (κ2) is 8.88. The highest BCUT2D eigenvalue weighted by molar-refractivity contribution is 5.94. The number of pyridine rings is 1. The van der Waals surface area contributed by atoms with Crippen molar-refractivity contribution in [3.05, 3.63) is 60.2 Å². The Balaban J connectivity index is 1.26. The molecular weight excluding hydrogens is 388 g/mol. The molecule has 2 fully saturated rings. The monoisotopic (exact) mass is 416 g/mol. The highest BCUT2D eigenvalue weighted by Gasteiger charge is 2.28. The maximum absolute atomic E-state index is 13.2. The summed E-state index contributed by atoms with van der Waals surface area (Å²) in [6, 6.07) is 11.9. The molecule has 160 valence electrons. The molecule has 3 aromatic rings. The minimum absolute atomic E-state index is 0.101. The summed E-state index contributed by atoms with van der Waals surface area (Å²) in [6.45, 7) is 3.67. The molecule has 2 aliphatic rings. The topological polar surface area (TPSA) is 78.0 Å². The Morgan fingerprint density at radius 1 is 0.935 bits per heavy atom. The third-order valence-corrected chi connectivity index (χ3v) is 6.37. The van der Waals surface area contributed by atoms with Crippen molar-refractivity contribution in [2.24, 2.45) is 0 Å². The fraction of sp³-hybridized carbons (Fsp3) is 0.417. The maximum atomic E-state index is 13.2. The zero-order valence-corrected chi connectivity index (χ0v) is 17.7. The number of aromatic amines is 1. The fourth-order valence-electron chi connectivity index (χ4n) is 4.62. The van der Waals surface area contributed by atoms with Gasteiger partial charge in [-0.2, -0.15) is 5.10 Å². The van der Waals surface area contributed by atoms with E-state index in [1.165, 1.54) is 24.9 Å². The van der Waals surface area contributed by atoms with Crippen molar-refractivity contribution in [3.8, 4) is 11.4 Å². The van der Waals surface area contributed by atoms with Crippen LogP contribution in [-0.2, 0) is 0 Å². The number of aromatic nitrogens is 4. The summed E-state index contributed by atoms with van der Waals surface area (Å²) in [7, 11) is 0. The maximum Gasteiger partial charge on any atom is 0.253 e. The van der Waals surface area contributed by atoms with E-state index in [1.54, 1.807) is 12.4 Å². The van der Waals surface area contributed by atoms with E-state index >= 15 is 0 Å². The van der Waals surface area contributed by atoms with Gasteiger partial charge < -0.3 is 9.80 Å². The van der Waals surface area contributed by atoms with E-state index in [-0.39, 0.29) is 11.8 Å². The van der Waals surface area contributed by atoms with Crippen molar-refractivity contribution < 1.29 is 4.79 Å². The lowest BCUT2D eigenvalue weighted by Gasteiger charge is -2.32. The van der Waals surface area contributed by atoms with Crippen molar-refractivity contribution in [2.45, 2.75) is 38.0 Å². The van der Waals surface area contributed by atoms with Crippen LogP contribution in [0.3, 0.4) is 0 Å². The third kappa shape index (κ3) is 4.31. The molecule has 1 N–H and O–H groups in total. The van der Waals surface area contributed by atoms with Crippen LogP contribution in [0.5, 0.6) is 0 Å². The number of amides is 1. The summed E-state index contributed by atoms with van der Waals surface area (Å²) in [5.74, 6) is 1.80. The second-order valence-electron chi connectivity index (χ2n) is 8.47. The molecule has 7 heteroatoms. The molecule has 0 spiro atoms. The lowest BCUT2D eigenvalue weighted by molar-refractivity contribution is 0.0704. The van der Waals surface area contributed by atoms with Crippen molar-refractivity contribution in [2.75, 3.05) is 31.1 Å². The zero-order valence-electron chi connectivity index (χ0n) is 17.7. The van der Waals surface area contributed by atoms with E-state index in [0.717, 1.165) is 49.4 Å². The van der Waals surface area contributed by atoms with Gasteiger partial charge in [0.15, 0.2) is 5.82 Å². The molecule has 2 saturated heterocycles. The number of hydrogen-bond acceptors (Lipinski definition) is 5. The lowest BCUT2D eigenvalue weighted by Crippen LogP contribution is -2.39. The summed E-state index contributed by atoms with van der Waals surface area (Å²) in [5.41, 5.74) is 2.92. The molecule has 31 heavy (non-hydrogen) atoms. The number of rotatable bonds is 4. The van der Waals surface area contributed by atoms with Gasteiger partial charge in [-0.1, -0.05) is 0 Å². The van der Waals surface area contributed by atoms with Gasteiger partial charge in [0.2, 0.25) is 0 Å². The quantitative estimate of drug-likeness (QED) is 0.698. The average Bonchev–Trinajstić information content (AvgIpc) is 3.35. The number of hydrogen-bond donors (Lipinski definition) is 1. The number of nitrogens with zero attached hydrogens (tertiary/aromatic N) is 5. The van der Waals surface area contributed by atoms with Crippen LogP contribution < -0.4 is 4.90 Å². The first-order valence-corrected chi connectivity index (χ1v) is 11.2. The SMILES string of the molecule is O=C(c1ccc(N2CCCCC2)cc1)N1CCC[C@@H](c2nc(-c3ccncc3)n[nH]2)C1. The van der Waals surface area contributed by atoms with E-state index in [9.17, 15) is 4.79 Å². The normalized spacial score (nSPS) is 19.4. The van der Waals surface area contributed by atoms with Crippen molar-refractivity contribution in [1.82, 2.24) is 25.1 Å². The molecule has 0 bridgehead atoms. The van der Waals surface area contributed by atoms with Gasteiger partial charge in [-0.3, -0.25) is 14.9 Å². The molecule has 2 aliphatic heterocycles. The Morgan fingerprint density at radius 2 is 1.71 bits per heavy atom. The molecule has 1 aromatic carbocycles.